The smallest absolute Gasteiger partial charge is 0.257 e. The summed E-state index contributed by atoms with van der Waals surface area (Å²) in [6, 6.07) is 1.70. The van der Waals surface area contributed by atoms with E-state index in [2.05, 4.69) is 15.9 Å². The zero-order chi connectivity index (χ0) is 14.0. The molecule has 0 aromatic heterocycles. The molecule has 1 aromatic carbocycles. The molecule has 1 aromatic rings. The van der Waals surface area contributed by atoms with Gasteiger partial charge in [-0.05, 0) is 12.1 Å². The fraction of sp³-hybridized carbons (Fsp3) is 0.417. The second kappa shape index (κ2) is 5.92. The summed E-state index contributed by atoms with van der Waals surface area (Å²) in [5.41, 5.74) is -0.464. The third-order valence-electron chi connectivity index (χ3n) is 2.86. The summed E-state index contributed by atoms with van der Waals surface area (Å²) in [6.07, 6.45) is -0.189. The van der Waals surface area contributed by atoms with Crippen LogP contribution in [-0.2, 0) is 4.74 Å². The first kappa shape index (κ1) is 14.3. The molecular formula is C12H11BrF3NO2. The summed E-state index contributed by atoms with van der Waals surface area (Å²) in [6.45, 7) is 0.899. The molecule has 19 heavy (non-hydrogen) atoms. The molecule has 1 atom stereocenters. The lowest BCUT2D eigenvalue weighted by molar-refractivity contribution is -0.00986. The quantitative estimate of drug-likeness (QED) is 0.612. The van der Waals surface area contributed by atoms with Gasteiger partial charge in [0.2, 0.25) is 0 Å². The van der Waals surface area contributed by atoms with E-state index in [1.54, 1.807) is 0 Å². The number of ether oxygens (including phenoxy) is 1. The van der Waals surface area contributed by atoms with Gasteiger partial charge < -0.3 is 9.64 Å². The molecule has 0 radical (unpaired) electrons. The Balaban J connectivity index is 2.22. The van der Waals surface area contributed by atoms with Gasteiger partial charge in [0.15, 0.2) is 17.5 Å². The number of rotatable bonds is 2. The molecule has 2 rings (SSSR count). The second-order valence-corrected chi connectivity index (χ2v) is 4.77. The number of hydrogen-bond donors (Lipinski definition) is 0. The minimum absolute atomic E-state index is 0.189. The lowest BCUT2D eigenvalue weighted by Gasteiger charge is -2.32. The predicted molar refractivity (Wildman–Crippen MR) is 65.8 cm³/mol. The van der Waals surface area contributed by atoms with Crippen LogP contribution in [0.15, 0.2) is 12.1 Å². The molecule has 104 valence electrons. The predicted octanol–water partition coefficient (Wildman–Crippen LogP) is 2.34. The Hall–Kier alpha value is -1.08. The zero-order valence-electron chi connectivity index (χ0n) is 9.84. The van der Waals surface area contributed by atoms with Crippen LogP contribution in [-0.4, -0.2) is 41.9 Å². The van der Waals surface area contributed by atoms with E-state index in [0.717, 1.165) is 12.1 Å². The molecule has 1 aliphatic heterocycles. The number of carbonyl (C=O) groups is 1. The molecule has 0 saturated carbocycles. The van der Waals surface area contributed by atoms with Crippen molar-refractivity contribution in [3.63, 3.8) is 0 Å². The molecule has 1 unspecified atom stereocenters. The summed E-state index contributed by atoms with van der Waals surface area (Å²) >= 11 is 3.23. The van der Waals surface area contributed by atoms with Crippen LogP contribution >= 0.6 is 15.9 Å². The highest BCUT2D eigenvalue weighted by atomic mass is 79.9. The van der Waals surface area contributed by atoms with Crippen molar-refractivity contribution in [2.24, 2.45) is 0 Å². The second-order valence-electron chi connectivity index (χ2n) is 4.12. The van der Waals surface area contributed by atoms with Gasteiger partial charge in [-0.25, -0.2) is 13.2 Å². The van der Waals surface area contributed by atoms with Crippen LogP contribution in [0.1, 0.15) is 10.4 Å². The molecule has 1 heterocycles. The molecule has 1 fully saturated rings. The third-order valence-corrected chi connectivity index (χ3v) is 3.59. The highest BCUT2D eigenvalue weighted by molar-refractivity contribution is 9.09. The van der Waals surface area contributed by atoms with Crippen LogP contribution in [0.2, 0.25) is 0 Å². The van der Waals surface area contributed by atoms with E-state index < -0.39 is 28.9 Å². The van der Waals surface area contributed by atoms with Crippen molar-refractivity contribution >= 4 is 21.8 Å². The van der Waals surface area contributed by atoms with Gasteiger partial charge in [0.1, 0.15) is 0 Å². The monoisotopic (exact) mass is 337 g/mol. The topological polar surface area (TPSA) is 29.5 Å². The van der Waals surface area contributed by atoms with Crippen molar-refractivity contribution in [2.45, 2.75) is 6.10 Å². The van der Waals surface area contributed by atoms with Crippen molar-refractivity contribution in [3.8, 4) is 0 Å². The van der Waals surface area contributed by atoms with Crippen molar-refractivity contribution in [1.82, 2.24) is 4.90 Å². The molecule has 1 aliphatic rings. The van der Waals surface area contributed by atoms with Gasteiger partial charge in [0.25, 0.3) is 5.91 Å². The van der Waals surface area contributed by atoms with E-state index in [4.69, 9.17) is 4.74 Å². The first-order valence-electron chi connectivity index (χ1n) is 5.65. The number of morpholine rings is 1. The summed E-state index contributed by atoms with van der Waals surface area (Å²) < 4.78 is 44.8. The summed E-state index contributed by atoms with van der Waals surface area (Å²) in [4.78, 5) is 13.4. The summed E-state index contributed by atoms with van der Waals surface area (Å²) in [5.74, 6) is -5.05. The first-order valence-corrected chi connectivity index (χ1v) is 6.77. The number of hydrogen-bond acceptors (Lipinski definition) is 2. The fourth-order valence-corrected chi connectivity index (χ4v) is 2.25. The van der Waals surface area contributed by atoms with Gasteiger partial charge in [0.05, 0.1) is 18.3 Å². The zero-order valence-corrected chi connectivity index (χ0v) is 11.4. The van der Waals surface area contributed by atoms with Crippen LogP contribution in [0.25, 0.3) is 0 Å². The number of halogens is 4. The Kier molecular flexibility index (Phi) is 4.46. The van der Waals surface area contributed by atoms with Crippen LogP contribution in [0, 0.1) is 17.5 Å². The van der Waals surface area contributed by atoms with Gasteiger partial charge in [-0.15, -0.1) is 0 Å². The molecule has 0 N–H and O–H groups in total. The normalized spacial score (nSPS) is 19.6. The highest BCUT2D eigenvalue weighted by Gasteiger charge is 2.27. The number of alkyl halides is 1. The number of benzene rings is 1. The van der Waals surface area contributed by atoms with Crippen molar-refractivity contribution in [1.29, 1.82) is 0 Å². The van der Waals surface area contributed by atoms with Crippen molar-refractivity contribution in [3.05, 3.63) is 35.1 Å². The Bertz CT molecular complexity index is 498. The Morgan fingerprint density at radius 3 is 2.79 bits per heavy atom. The Labute approximate surface area is 116 Å². The molecule has 3 nitrogen and oxygen atoms in total. The maximum absolute atomic E-state index is 13.5. The summed E-state index contributed by atoms with van der Waals surface area (Å²) in [7, 11) is 0. The van der Waals surface area contributed by atoms with E-state index in [0.29, 0.717) is 18.5 Å². The highest BCUT2D eigenvalue weighted by Crippen LogP contribution is 2.18. The lowest BCUT2D eigenvalue weighted by atomic mass is 10.1. The first-order chi connectivity index (χ1) is 9.04. The number of nitrogens with zero attached hydrogens (tertiary/aromatic N) is 1. The maximum Gasteiger partial charge on any atom is 0.257 e. The van der Waals surface area contributed by atoms with E-state index >= 15 is 0 Å². The molecular weight excluding hydrogens is 327 g/mol. The minimum Gasteiger partial charge on any atom is -0.374 e. The number of carbonyl (C=O) groups excluding carboxylic acids is 1. The van der Waals surface area contributed by atoms with Crippen molar-refractivity contribution < 1.29 is 22.7 Å². The van der Waals surface area contributed by atoms with E-state index in [1.807, 2.05) is 0 Å². The molecule has 0 spiro atoms. The SMILES string of the molecule is O=C(c1ccc(F)c(F)c1F)N1CCOC(CBr)C1. The van der Waals surface area contributed by atoms with Crippen LogP contribution in [0.5, 0.6) is 0 Å². The summed E-state index contributed by atoms with van der Waals surface area (Å²) in [5, 5.41) is 0.539. The van der Waals surface area contributed by atoms with E-state index in [9.17, 15) is 18.0 Å². The minimum atomic E-state index is -1.63. The van der Waals surface area contributed by atoms with Crippen LogP contribution < -0.4 is 0 Å². The van der Waals surface area contributed by atoms with Gasteiger partial charge in [-0.3, -0.25) is 4.79 Å². The van der Waals surface area contributed by atoms with Gasteiger partial charge in [-0.1, -0.05) is 15.9 Å². The number of amides is 1. The average Bonchev–Trinajstić information content (AvgIpc) is 2.44. The van der Waals surface area contributed by atoms with Crippen LogP contribution in [0.3, 0.4) is 0 Å². The van der Waals surface area contributed by atoms with Crippen molar-refractivity contribution in [2.75, 3.05) is 25.0 Å². The van der Waals surface area contributed by atoms with Gasteiger partial charge >= 0.3 is 0 Å². The Morgan fingerprint density at radius 2 is 2.11 bits per heavy atom. The molecule has 1 amide bonds. The van der Waals surface area contributed by atoms with Gasteiger partial charge in [-0.2, -0.15) is 0 Å². The largest absolute Gasteiger partial charge is 0.374 e. The van der Waals surface area contributed by atoms with Gasteiger partial charge in [0, 0.05) is 18.4 Å². The Morgan fingerprint density at radius 1 is 1.37 bits per heavy atom. The molecule has 0 bridgehead atoms. The fourth-order valence-electron chi connectivity index (χ4n) is 1.86. The van der Waals surface area contributed by atoms with E-state index in [-0.39, 0.29) is 12.6 Å². The lowest BCUT2D eigenvalue weighted by Crippen LogP contribution is -2.46. The standard InChI is InChI=1S/C12H11BrF3NO2/c13-5-7-6-17(3-4-19-7)12(18)8-1-2-9(14)11(16)10(8)15/h1-2,7H,3-6H2. The maximum atomic E-state index is 13.5. The third kappa shape index (κ3) is 2.92. The van der Waals surface area contributed by atoms with E-state index in [1.165, 1.54) is 4.90 Å². The molecule has 0 aliphatic carbocycles. The van der Waals surface area contributed by atoms with Crippen LogP contribution in [0.4, 0.5) is 13.2 Å². The molecule has 1 saturated heterocycles. The average molecular weight is 338 g/mol. The molecule has 7 heteroatoms.